The molecule has 2 rings (SSSR count). The number of methoxy groups -OCH3 is 1. The van der Waals surface area contributed by atoms with Crippen LogP contribution < -0.4 is 10.5 Å². The van der Waals surface area contributed by atoms with Crippen LogP contribution in [0.4, 0.5) is 0 Å². The molecule has 2 heteroatoms. The van der Waals surface area contributed by atoms with Gasteiger partial charge in [0, 0.05) is 6.04 Å². The standard InChI is InChI=1S/C15H21NO/c1-17-14-9-7-13(8-10-14)15(16)11-12-5-3-2-4-6-12/h5,7-10,15H,2-4,6,11,16H2,1H3. The molecular weight excluding hydrogens is 210 g/mol. The Hall–Kier alpha value is -1.28. The van der Waals surface area contributed by atoms with E-state index in [9.17, 15) is 0 Å². The largest absolute Gasteiger partial charge is 0.497 e. The zero-order valence-corrected chi connectivity index (χ0v) is 10.5. The summed E-state index contributed by atoms with van der Waals surface area (Å²) in [5, 5.41) is 0. The number of hydrogen-bond acceptors (Lipinski definition) is 2. The fraction of sp³-hybridized carbons (Fsp3) is 0.467. The maximum absolute atomic E-state index is 6.24. The van der Waals surface area contributed by atoms with Crippen molar-refractivity contribution < 1.29 is 4.74 Å². The van der Waals surface area contributed by atoms with E-state index in [1.165, 1.54) is 36.8 Å². The SMILES string of the molecule is COc1ccc(C(N)CC2=CCCCC2)cc1. The molecule has 0 amide bonds. The fourth-order valence-corrected chi connectivity index (χ4v) is 2.34. The molecule has 0 aromatic heterocycles. The van der Waals surface area contributed by atoms with E-state index in [1.807, 2.05) is 12.1 Å². The Morgan fingerprint density at radius 2 is 2.00 bits per heavy atom. The number of allylic oxidation sites excluding steroid dienone is 1. The molecule has 0 aliphatic heterocycles. The minimum absolute atomic E-state index is 0.116. The summed E-state index contributed by atoms with van der Waals surface area (Å²) in [4.78, 5) is 0. The Morgan fingerprint density at radius 1 is 1.24 bits per heavy atom. The molecule has 17 heavy (non-hydrogen) atoms. The summed E-state index contributed by atoms with van der Waals surface area (Å²) >= 11 is 0. The molecule has 2 nitrogen and oxygen atoms in total. The predicted octanol–water partition coefficient (Wildman–Crippen LogP) is 3.59. The first-order valence-corrected chi connectivity index (χ1v) is 6.37. The molecule has 1 aliphatic carbocycles. The third kappa shape index (κ3) is 3.34. The number of rotatable bonds is 4. The van der Waals surface area contributed by atoms with Gasteiger partial charge >= 0.3 is 0 Å². The highest BCUT2D eigenvalue weighted by atomic mass is 16.5. The Kier molecular flexibility index (Phi) is 4.21. The lowest BCUT2D eigenvalue weighted by molar-refractivity contribution is 0.414. The fourth-order valence-electron chi connectivity index (χ4n) is 2.34. The van der Waals surface area contributed by atoms with Crippen molar-refractivity contribution in [3.05, 3.63) is 41.5 Å². The molecule has 0 bridgehead atoms. The van der Waals surface area contributed by atoms with Gasteiger partial charge in [-0.05, 0) is 49.8 Å². The summed E-state index contributed by atoms with van der Waals surface area (Å²) in [6, 6.07) is 8.19. The Labute approximate surface area is 103 Å². The van der Waals surface area contributed by atoms with Crippen molar-refractivity contribution in [3.8, 4) is 5.75 Å². The Balaban J connectivity index is 1.98. The lowest BCUT2D eigenvalue weighted by Gasteiger charge is -2.17. The van der Waals surface area contributed by atoms with Gasteiger partial charge in [0.05, 0.1) is 7.11 Å². The zero-order chi connectivity index (χ0) is 12.1. The van der Waals surface area contributed by atoms with Gasteiger partial charge in [-0.2, -0.15) is 0 Å². The van der Waals surface area contributed by atoms with E-state index in [1.54, 1.807) is 7.11 Å². The van der Waals surface area contributed by atoms with Crippen LogP contribution in [0, 0.1) is 0 Å². The van der Waals surface area contributed by atoms with Crippen LogP contribution in [-0.4, -0.2) is 7.11 Å². The molecule has 2 N–H and O–H groups in total. The number of benzene rings is 1. The van der Waals surface area contributed by atoms with Gasteiger partial charge in [-0.3, -0.25) is 0 Å². The van der Waals surface area contributed by atoms with Crippen LogP contribution in [0.2, 0.25) is 0 Å². The molecular formula is C15H21NO. The van der Waals surface area contributed by atoms with E-state index < -0.39 is 0 Å². The maximum Gasteiger partial charge on any atom is 0.118 e. The quantitative estimate of drug-likeness (QED) is 0.804. The molecule has 0 heterocycles. The summed E-state index contributed by atoms with van der Waals surface area (Å²) in [5.41, 5.74) is 8.96. The van der Waals surface area contributed by atoms with Crippen molar-refractivity contribution in [1.29, 1.82) is 0 Å². The third-order valence-corrected chi connectivity index (χ3v) is 3.41. The lowest BCUT2D eigenvalue weighted by Crippen LogP contribution is -2.12. The molecule has 1 aromatic rings. The number of ether oxygens (including phenoxy) is 1. The Morgan fingerprint density at radius 3 is 2.59 bits per heavy atom. The second-order valence-corrected chi connectivity index (χ2v) is 4.69. The molecule has 1 aliphatic rings. The number of hydrogen-bond donors (Lipinski definition) is 1. The van der Waals surface area contributed by atoms with Crippen molar-refractivity contribution >= 4 is 0 Å². The van der Waals surface area contributed by atoms with Gasteiger partial charge in [0.2, 0.25) is 0 Å². The van der Waals surface area contributed by atoms with Gasteiger partial charge in [0.15, 0.2) is 0 Å². The van der Waals surface area contributed by atoms with Crippen LogP contribution in [0.5, 0.6) is 5.75 Å². The maximum atomic E-state index is 6.24. The van der Waals surface area contributed by atoms with Crippen LogP contribution in [0.3, 0.4) is 0 Å². The molecule has 1 aromatic carbocycles. The van der Waals surface area contributed by atoms with Crippen molar-refractivity contribution in [2.75, 3.05) is 7.11 Å². The van der Waals surface area contributed by atoms with Gasteiger partial charge in [0.25, 0.3) is 0 Å². The summed E-state index contributed by atoms with van der Waals surface area (Å²) in [7, 11) is 1.68. The monoisotopic (exact) mass is 231 g/mol. The molecule has 92 valence electrons. The smallest absolute Gasteiger partial charge is 0.118 e. The molecule has 0 saturated carbocycles. The molecule has 1 atom stereocenters. The van der Waals surface area contributed by atoms with Gasteiger partial charge in [-0.1, -0.05) is 23.8 Å². The average Bonchev–Trinajstić information content (AvgIpc) is 2.40. The predicted molar refractivity (Wildman–Crippen MR) is 71.1 cm³/mol. The van der Waals surface area contributed by atoms with Crippen LogP contribution in [-0.2, 0) is 0 Å². The molecule has 1 unspecified atom stereocenters. The summed E-state index contributed by atoms with van der Waals surface area (Å²) in [6.45, 7) is 0. The van der Waals surface area contributed by atoms with E-state index in [4.69, 9.17) is 10.5 Å². The first-order chi connectivity index (χ1) is 8.29. The van der Waals surface area contributed by atoms with Crippen molar-refractivity contribution in [3.63, 3.8) is 0 Å². The van der Waals surface area contributed by atoms with Crippen LogP contribution >= 0.6 is 0 Å². The van der Waals surface area contributed by atoms with E-state index in [0.29, 0.717) is 0 Å². The minimum Gasteiger partial charge on any atom is -0.497 e. The summed E-state index contributed by atoms with van der Waals surface area (Å²) < 4.78 is 5.15. The van der Waals surface area contributed by atoms with Gasteiger partial charge in [-0.25, -0.2) is 0 Å². The van der Waals surface area contributed by atoms with Gasteiger partial charge in [-0.15, -0.1) is 0 Å². The van der Waals surface area contributed by atoms with E-state index in [2.05, 4.69) is 18.2 Å². The zero-order valence-electron chi connectivity index (χ0n) is 10.5. The van der Waals surface area contributed by atoms with Gasteiger partial charge in [0.1, 0.15) is 5.75 Å². The van der Waals surface area contributed by atoms with Gasteiger partial charge < -0.3 is 10.5 Å². The normalized spacial score (nSPS) is 17.4. The highest BCUT2D eigenvalue weighted by Crippen LogP contribution is 2.26. The topological polar surface area (TPSA) is 35.2 Å². The average molecular weight is 231 g/mol. The summed E-state index contributed by atoms with van der Waals surface area (Å²) in [5.74, 6) is 0.887. The molecule has 0 fully saturated rings. The molecule has 0 spiro atoms. The van der Waals surface area contributed by atoms with E-state index in [-0.39, 0.29) is 6.04 Å². The first kappa shape index (κ1) is 12.2. The third-order valence-electron chi connectivity index (χ3n) is 3.41. The van der Waals surface area contributed by atoms with Crippen LogP contribution in [0.1, 0.15) is 43.7 Å². The highest BCUT2D eigenvalue weighted by molar-refractivity contribution is 5.29. The van der Waals surface area contributed by atoms with Crippen molar-refractivity contribution in [2.24, 2.45) is 5.73 Å². The van der Waals surface area contributed by atoms with Crippen molar-refractivity contribution in [1.82, 2.24) is 0 Å². The van der Waals surface area contributed by atoms with Crippen molar-refractivity contribution in [2.45, 2.75) is 38.1 Å². The van der Waals surface area contributed by atoms with E-state index in [0.717, 1.165) is 12.2 Å². The Bertz CT molecular complexity index is 380. The van der Waals surface area contributed by atoms with E-state index >= 15 is 0 Å². The number of nitrogens with two attached hydrogens (primary N) is 1. The van der Waals surface area contributed by atoms with Crippen LogP contribution in [0.15, 0.2) is 35.9 Å². The molecule has 0 saturated heterocycles. The first-order valence-electron chi connectivity index (χ1n) is 6.37. The second-order valence-electron chi connectivity index (χ2n) is 4.69. The summed E-state index contributed by atoms with van der Waals surface area (Å²) in [6.07, 6.45) is 8.47. The minimum atomic E-state index is 0.116. The highest BCUT2D eigenvalue weighted by Gasteiger charge is 2.11. The molecule has 0 radical (unpaired) electrons. The second kappa shape index (κ2) is 5.87. The van der Waals surface area contributed by atoms with Crippen LogP contribution in [0.25, 0.3) is 0 Å². The lowest BCUT2D eigenvalue weighted by atomic mass is 9.92.